The molecule has 19 heavy (non-hydrogen) atoms. The molecule has 0 radical (unpaired) electrons. The van der Waals surface area contributed by atoms with Crippen LogP contribution in [0.2, 0.25) is 0 Å². The summed E-state index contributed by atoms with van der Waals surface area (Å²) in [7, 11) is 1.68. The van der Waals surface area contributed by atoms with Crippen LogP contribution in [0.15, 0.2) is 22.8 Å². The Labute approximate surface area is 119 Å². The van der Waals surface area contributed by atoms with Gasteiger partial charge in [0, 0.05) is 29.0 Å². The Bertz CT molecular complexity index is 600. The van der Waals surface area contributed by atoms with Crippen molar-refractivity contribution >= 4 is 32.5 Å². The third-order valence-electron chi connectivity index (χ3n) is 3.24. The topological polar surface area (TPSA) is 47.5 Å². The van der Waals surface area contributed by atoms with Gasteiger partial charge in [-0.25, -0.2) is 0 Å². The smallest absolute Gasteiger partial charge is 0.144 e. The number of methoxy groups -OCH3 is 1. The Morgan fingerprint density at radius 3 is 2.84 bits per heavy atom. The van der Waals surface area contributed by atoms with Gasteiger partial charge in [-0.2, -0.15) is 10.2 Å². The van der Waals surface area contributed by atoms with Crippen molar-refractivity contribution in [2.24, 2.45) is 0 Å². The standard InChI is InChI=1S/C13H14BrN3O2/c1-18-13-7-11-9(10(14)8-15-16-11)6-12(13)17-2-4-19-5-3-17/h6-8H,2-5H2,1H3. The van der Waals surface area contributed by atoms with Gasteiger partial charge in [-0.3, -0.25) is 0 Å². The third-order valence-corrected chi connectivity index (χ3v) is 3.87. The minimum absolute atomic E-state index is 0.747. The van der Waals surface area contributed by atoms with Gasteiger partial charge in [0.25, 0.3) is 0 Å². The summed E-state index contributed by atoms with van der Waals surface area (Å²) in [5, 5.41) is 9.12. The second-order valence-electron chi connectivity index (χ2n) is 4.33. The number of benzene rings is 1. The Morgan fingerprint density at radius 2 is 2.11 bits per heavy atom. The number of aromatic nitrogens is 2. The average molecular weight is 324 g/mol. The van der Waals surface area contributed by atoms with E-state index in [4.69, 9.17) is 9.47 Å². The number of anilines is 1. The molecule has 1 aliphatic rings. The van der Waals surface area contributed by atoms with E-state index in [1.165, 1.54) is 0 Å². The summed E-state index contributed by atoms with van der Waals surface area (Å²) in [6.07, 6.45) is 1.71. The number of hydrogen-bond acceptors (Lipinski definition) is 5. The Morgan fingerprint density at radius 1 is 1.32 bits per heavy atom. The summed E-state index contributed by atoms with van der Waals surface area (Å²) in [6.45, 7) is 3.24. The number of hydrogen-bond donors (Lipinski definition) is 0. The van der Waals surface area contributed by atoms with Crippen LogP contribution in [0.25, 0.3) is 10.9 Å². The van der Waals surface area contributed by atoms with Gasteiger partial charge in [-0.15, -0.1) is 0 Å². The van der Waals surface area contributed by atoms with Crippen LogP contribution in [0.5, 0.6) is 5.75 Å². The van der Waals surface area contributed by atoms with Gasteiger partial charge in [0.2, 0.25) is 0 Å². The summed E-state index contributed by atoms with van der Waals surface area (Å²) in [4.78, 5) is 2.27. The first-order chi connectivity index (χ1) is 9.29. The molecule has 0 bridgehead atoms. The largest absolute Gasteiger partial charge is 0.495 e. The number of ether oxygens (including phenoxy) is 2. The molecule has 0 aliphatic carbocycles. The fourth-order valence-corrected chi connectivity index (χ4v) is 2.67. The molecule has 2 aromatic rings. The van der Waals surface area contributed by atoms with Crippen LogP contribution in [0, 0.1) is 0 Å². The molecule has 2 heterocycles. The lowest BCUT2D eigenvalue weighted by atomic mass is 10.1. The SMILES string of the molecule is COc1cc2nncc(Br)c2cc1N1CCOCC1. The molecule has 0 N–H and O–H groups in total. The van der Waals surface area contributed by atoms with Crippen LogP contribution in [0.4, 0.5) is 5.69 Å². The molecule has 100 valence electrons. The van der Waals surface area contributed by atoms with Crippen LogP contribution in [0.1, 0.15) is 0 Å². The van der Waals surface area contributed by atoms with Crippen molar-refractivity contribution in [3.63, 3.8) is 0 Å². The van der Waals surface area contributed by atoms with Crippen LogP contribution in [-0.4, -0.2) is 43.6 Å². The van der Waals surface area contributed by atoms with Gasteiger partial charge in [0.05, 0.1) is 37.7 Å². The van der Waals surface area contributed by atoms with Crippen molar-refractivity contribution in [2.45, 2.75) is 0 Å². The molecule has 0 amide bonds. The van der Waals surface area contributed by atoms with Crippen LogP contribution >= 0.6 is 15.9 Å². The lowest BCUT2D eigenvalue weighted by molar-refractivity contribution is 0.122. The van der Waals surface area contributed by atoms with Gasteiger partial charge >= 0.3 is 0 Å². The molecule has 0 unspecified atom stereocenters. The highest BCUT2D eigenvalue weighted by Gasteiger charge is 2.17. The minimum Gasteiger partial charge on any atom is -0.495 e. The van der Waals surface area contributed by atoms with Crippen molar-refractivity contribution < 1.29 is 9.47 Å². The van der Waals surface area contributed by atoms with Crippen molar-refractivity contribution in [3.05, 3.63) is 22.8 Å². The van der Waals surface area contributed by atoms with E-state index in [0.29, 0.717) is 0 Å². The Hall–Kier alpha value is -1.40. The van der Waals surface area contributed by atoms with Crippen molar-refractivity contribution in [1.82, 2.24) is 10.2 Å². The second kappa shape index (κ2) is 5.30. The van der Waals surface area contributed by atoms with E-state index in [2.05, 4.69) is 37.1 Å². The fourth-order valence-electron chi connectivity index (χ4n) is 2.26. The van der Waals surface area contributed by atoms with Crippen LogP contribution in [-0.2, 0) is 4.74 Å². The predicted octanol–water partition coefficient (Wildman–Crippen LogP) is 2.24. The number of rotatable bonds is 2. The fraction of sp³-hybridized carbons (Fsp3) is 0.385. The van der Waals surface area contributed by atoms with Gasteiger partial charge < -0.3 is 14.4 Å². The van der Waals surface area contributed by atoms with Crippen LogP contribution in [0.3, 0.4) is 0 Å². The van der Waals surface area contributed by atoms with Crippen molar-refractivity contribution in [3.8, 4) is 5.75 Å². The molecule has 1 fully saturated rings. The molecule has 0 spiro atoms. The molecular formula is C13H14BrN3O2. The summed E-state index contributed by atoms with van der Waals surface area (Å²) in [6, 6.07) is 4.02. The normalized spacial score (nSPS) is 15.8. The van der Waals surface area contributed by atoms with Gasteiger partial charge in [0.1, 0.15) is 5.75 Å². The quantitative estimate of drug-likeness (QED) is 0.848. The van der Waals surface area contributed by atoms with Crippen LogP contribution < -0.4 is 9.64 Å². The molecule has 1 saturated heterocycles. The molecular weight excluding hydrogens is 310 g/mol. The summed E-state index contributed by atoms with van der Waals surface area (Å²) in [5.41, 5.74) is 1.90. The highest BCUT2D eigenvalue weighted by atomic mass is 79.9. The molecule has 3 rings (SSSR count). The zero-order valence-electron chi connectivity index (χ0n) is 10.6. The lowest BCUT2D eigenvalue weighted by Crippen LogP contribution is -2.36. The van der Waals surface area contributed by atoms with E-state index < -0.39 is 0 Å². The molecule has 5 nitrogen and oxygen atoms in total. The molecule has 0 atom stereocenters. The Kier molecular flexibility index (Phi) is 3.52. The van der Waals surface area contributed by atoms with E-state index in [9.17, 15) is 0 Å². The molecule has 0 saturated carbocycles. The average Bonchev–Trinajstić information content (AvgIpc) is 2.47. The first kappa shape index (κ1) is 12.6. The molecule has 1 aromatic heterocycles. The van der Waals surface area contributed by atoms with Gasteiger partial charge in [-0.1, -0.05) is 0 Å². The van der Waals surface area contributed by atoms with Gasteiger partial charge in [0.15, 0.2) is 0 Å². The summed E-state index contributed by atoms with van der Waals surface area (Å²) >= 11 is 3.51. The lowest BCUT2D eigenvalue weighted by Gasteiger charge is -2.30. The first-order valence-corrected chi connectivity index (χ1v) is 6.90. The number of fused-ring (bicyclic) bond motifs is 1. The van der Waals surface area contributed by atoms with Crippen molar-refractivity contribution in [2.75, 3.05) is 38.3 Å². The number of morpholine rings is 1. The van der Waals surface area contributed by atoms with E-state index in [1.54, 1.807) is 13.3 Å². The molecule has 1 aliphatic heterocycles. The van der Waals surface area contributed by atoms with E-state index in [0.717, 1.165) is 53.1 Å². The van der Waals surface area contributed by atoms with E-state index >= 15 is 0 Å². The molecule has 1 aromatic carbocycles. The molecule has 6 heteroatoms. The Balaban J connectivity index is 2.13. The monoisotopic (exact) mass is 323 g/mol. The van der Waals surface area contributed by atoms with Crippen molar-refractivity contribution in [1.29, 1.82) is 0 Å². The number of halogens is 1. The minimum atomic E-state index is 0.747. The first-order valence-electron chi connectivity index (χ1n) is 6.11. The zero-order chi connectivity index (χ0) is 13.2. The summed E-state index contributed by atoms with van der Waals surface area (Å²) < 4.78 is 11.8. The second-order valence-corrected chi connectivity index (χ2v) is 5.19. The maximum atomic E-state index is 5.48. The highest BCUT2D eigenvalue weighted by molar-refractivity contribution is 9.10. The maximum absolute atomic E-state index is 5.48. The van der Waals surface area contributed by atoms with E-state index in [-0.39, 0.29) is 0 Å². The highest BCUT2D eigenvalue weighted by Crippen LogP contribution is 2.35. The number of nitrogens with zero attached hydrogens (tertiary/aromatic N) is 3. The predicted molar refractivity (Wildman–Crippen MR) is 76.8 cm³/mol. The third kappa shape index (κ3) is 2.37. The maximum Gasteiger partial charge on any atom is 0.144 e. The van der Waals surface area contributed by atoms with Gasteiger partial charge in [-0.05, 0) is 22.0 Å². The summed E-state index contributed by atoms with van der Waals surface area (Å²) in [5.74, 6) is 0.821. The van der Waals surface area contributed by atoms with E-state index in [1.807, 2.05) is 6.07 Å². The zero-order valence-corrected chi connectivity index (χ0v) is 12.2.